The lowest BCUT2D eigenvalue weighted by Crippen LogP contribution is -2.48. The molecule has 0 aromatic heterocycles. The third kappa shape index (κ3) is 2.88. The number of carbonyl (C=O) groups is 1. The Morgan fingerprint density at radius 3 is 3.00 bits per heavy atom. The van der Waals surface area contributed by atoms with Crippen LogP contribution in [0.1, 0.15) is 29.3 Å². The molecule has 0 spiro atoms. The van der Waals surface area contributed by atoms with Crippen molar-refractivity contribution in [2.24, 2.45) is 5.92 Å². The predicted molar refractivity (Wildman–Crippen MR) is 69.0 cm³/mol. The number of amides is 1. The van der Waals surface area contributed by atoms with Crippen molar-refractivity contribution < 1.29 is 9.18 Å². The van der Waals surface area contributed by atoms with E-state index in [1.54, 1.807) is 12.1 Å². The van der Waals surface area contributed by atoms with Crippen LogP contribution >= 0.6 is 0 Å². The van der Waals surface area contributed by atoms with Gasteiger partial charge in [0.25, 0.3) is 5.91 Å². The van der Waals surface area contributed by atoms with Gasteiger partial charge in [-0.05, 0) is 44.5 Å². The Bertz CT molecular complexity index is 447. The number of aryl methyl sites for hydroxylation is 1. The Balaban J connectivity index is 2.09. The fourth-order valence-corrected chi connectivity index (χ4v) is 2.29. The monoisotopic (exact) mass is 250 g/mol. The van der Waals surface area contributed by atoms with E-state index in [2.05, 4.69) is 17.6 Å². The first-order valence-electron chi connectivity index (χ1n) is 6.35. The smallest absolute Gasteiger partial charge is 0.254 e. The number of halogens is 1. The number of nitrogens with one attached hydrogen (secondary N) is 2. The molecule has 2 N–H and O–H groups in total. The van der Waals surface area contributed by atoms with Crippen LogP contribution < -0.4 is 10.6 Å². The molecule has 0 aliphatic carbocycles. The molecule has 1 aliphatic heterocycles. The maximum Gasteiger partial charge on any atom is 0.254 e. The Labute approximate surface area is 107 Å². The van der Waals surface area contributed by atoms with E-state index in [-0.39, 0.29) is 17.5 Å². The van der Waals surface area contributed by atoms with Crippen molar-refractivity contribution in [3.63, 3.8) is 0 Å². The fraction of sp³-hybridized carbons (Fsp3) is 0.500. The minimum Gasteiger partial charge on any atom is -0.349 e. The quantitative estimate of drug-likeness (QED) is 0.841. The van der Waals surface area contributed by atoms with Crippen molar-refractivity contribution in [3.8, 4) is 0 Å². The summed E-state index contributed by atoms with van der Waals surface area (Å²) in [5, 5.41) is 6.21. The molecule has 0 unspecified atom stereocenters. The zero-order chi connectivity index (χ0) is 13.1. The highest BCUT2D eigenvalue weighted by atomic mass is 19.1. The van der Waals surface area contributed by atoms with Gasteiger partial charge < -0.3 is 10.6 Å². The zero-order valence-electron chi connectivity index (χ0n) is 10.8. The Kier molecular flexibility index (Phi) is 3.97. The Morgan fingerprint density at radius 1 is 1.50 bits per heavy atom. The summed E-state index contributed by atoms with van der Waals surface area (Å²) < 4.78 is 13.6. The largest absolute Gasteiger partial charge is 0.349 e. The summed E-state index contributed by atoms with van der Waals surface area (Å²) in [5.74, 6) is -0.398. The third-order valence-electron chi connectivity index (χ3n) is 3.47. The lowest BCUT2D eigenvalue weighted by molar-refractivity contribution is 0.0910. The van der Waals surface area contributed by atoms with Gasteiger partial charge in [0.1, 0.15) is 5.82 Å². The first-order chi connectivity index (χ1) is 8.58. The summed E-state index contributed by atoms with van der Waals surface area (Å²) in [6.07, 6.45) is 0.889. The van der Waals surface area contributed by atoms with E-state index < -0.39 is 5.82 Å². The van der Waals surface area contributed by atoms with Crippen LogP contribution in [0.25, 0.3) is 0 Å². The van der Waals surface area contributed by atoms with Crippen LogP contribution in [0.2, 0.25) is 0 Å². The SMILES string of the molecule is Cc1ccc(F)c(C(=O)N[C@H]2CCNC[C@@H]2C)c1. The van der Waals surface area contributed by atoms with Gasteiger partial charge in [-0.15, -0.1) is 0 Å². The van der Waals surface area contributed by atoms with E-state index >= 15 is 0 Å². The summed E-state index contributed by atoms with van der Waals surface area (Å²) >= 11 is 0. The Morgan fingerprint density at radius 2 is 2.28 bits per heavy atom. The molecule has 1 amide bonds. The van der Waals surface area contributed by atoms with Crippen molar-refractivity contribution in [1.82, 2.24) is 10.6 Å². The van der Waals surface area contributed by atoms with Gasteiger partial charge in [0.05, 0.1) is 5.56 Å². The molecule has 2 rings (SSSR count). The fourth-order valence-electron chi connectivity index (χ4n) is 2.29. The molecule has 2 atom stereocenters. The van der Waals surface area contributed by atoms with Gasteiger partial charge in [-0.1, -0.05) is 18.6 Å². The van der Waals surface area contributed by atoms with Crippen molar-refractivity contribution in [2.45, 2.75) is 26.3 Å². The van der Waals surface area contributed by atoms with Crippen LogP contribution in [-0.4, -0.2) is 25.0 Å². The molecular formula is C14H19FN2O. The summed E-state index contributed by atoms with van der Waals surface area (Å²) in [4.78, 5) is 12.1. The highest BCUT2D eigenvalue weighted by molar-refractivity contribution is 5.94. The molecule has 1 fully saturated rings. The first kappa shape index (κ1) is 13.0. The molecule has 0 bridgehead atoms. The van der Waals surface area contributed by atoms with Crippen molar-refractivity contribution >= 4 is 5.91 Å². The maximum atomic E-state index is 13.6. The maximum absolute atomic E-state index is 13.6. The van der Waals surface area contributed by atoms with E-state index in [4.69, 9.17) is 0 Å². The van der Waals surface area contributed by atoms with Crippen LogP contribution in [0.5, 0.6) is 0 Å². The van der Waals surface area contributed by atoms with Gasteiger partial charge in [-0.3, -0.25) is 4.79 Å². The second-order valence-electron chi connectivity index (χ2n) is 5.03. The van der Waals surface area contributed by atoms with Crippen molar-refractivity contribution in [2.75, 3.05) is 13.1 Å². The molecule has 18 heavy (non-hydrogen) atoms. The van der Waals surface area contributed by atoms with Gasteiger partial charge >= 0.3 is 0 Å². The van der Waals surface area contributed by atoms with E-state index in [9.17, 15) is 9.18 Å². The van der Waals surface area contributed by atoms with Crippen LogP contribution in [0, 0.1) is 18.7 Å². The van der Waals surface area contributed by atoms with Gasteiger partial charge in [0.15, 0.2) is 0 Å². The van der Waals surface area contributed by atoms with Gasteiger partial charge in [-0.2, -0.15) is 0 Å². The first-order valence-corrected chi connectivity index (χ1v) is 6.35. The summed E-state index contributed by atoms with van der Waals surface area (Å²) in [6, 6.07) is 4.73. The van der Waals surface area contributed by atoms with Crippen LogP contribution in [-0.2, 0) is 0 Å². The zero-order valence-corrected chi connectivity index (χ0v) is 10.8. The number of hydrogen-bond donors (Lipinski definition) is 2. The summed E-state index contributed by atoms with van der Waals surface area (Å²) in [7, 11) is 0. The molecule has 1 aromatic carbocycles. The van der Waals surface area contributed by atoms with Gasteiger partial charge in [0.2, 0.25) is 0 Å². The topological polar surface area (TPSA) is 41.1 Å². The summed E-state index contributed by atoms with van der Waals surface area (Å²) in [5.41, 5.74) is 1.03. The molecule has 3 nitrogen and oxygen atoms in total. The minimum absolute atomic E-state index is 0.124. The average molecular weight is 250 g/mol. The normalized spacial score (nSPS) is 23.7. The molecular weight excluding hydrogens is 231 g/mol. The molecule has 1 heterocycles. The summed E-state index contributed by atoms with van der Waals surface area (Å²) in [6.45, 7) is 5.72. The van der Waals surface area contributed by atoms with Gasteiger partial charge in [-0.25, -0.2) is 4.39 Å². The number of benzene rings is 1. The standard InChI is InChI=1S/C14H19FN2O/c1-9-3-4-12(15)11(7-9)14(18)17-13-5-6-16-8-10(13)2/h3-4,7,10,13,16H,5-6,8H2,1-2H3,(H,17,18)/t10-,13-/m0/s1. The van der Waals surface area contributed by atoms with E-state index in [1.807, 2.05) is 6.92 Å². The second-order valence-corrected chi connectivity index (χ2v) is 5.03. The van der Waals surface area contributed by atoms with Crippen molar-refractivity contribution in [3.05, 3.63) is 35.1 Å². The molecule has 98 valence electrons. The van der Waals surface area contributed by atoms with Crippen molar-refractivity contribution in [1.29, 1.82) is 0 Å². The molecule has 1 aliphatic rings. The average Bonchev–Trinajstić information content (AvgIpc) is 2.35. The third-order valence-corrected chi connectivity index (χ3v) is 3.47. The number of rotatable bonds is 2. The number of carbonyl (C=O) groups excluding carboxylic acids is 1. The van der Waals surface area contributed by atoms with E-state index in [0.29, 0.717) is 5.92 Å². The van der Waals surface area contributed by atoms with Crippen LogP contribution in [0.4, 0.5) is 4.39 Å². The Hall–Kier alpha value is -1.42. The second kappa shape index (κ2) is 5.48. The highest BCUT2D eigenvalue weighted by Gasteiger charge is 2.24. The molecule has 0 saturated carbocycles. The minimum atomic E-state index is -0.459. The lowest BCUT2D eigenvalue weighted by atomic mass is 9.95. The molecule has 1 saturated heterocycles. The lowest BCUT2D eigenvalue weighted by Gasteiger charge is -2.30. The molecule has 4 heteroatoms. The van der Waals surface area contributed by atoms with Crippen LogP contribution in [0.3, 0.4) is 0 Å². The number of hydrogen-bond acceptors (Lipinski definition) is 2. The van der Waals surface area contributed by atoms with E-state index in [1.165, 1.54) is 6.07 Å². The molecule has 0 radical (unpaired) electrons. The van der Waals surface area contributed by atoms with Crippen LogP contribution in [0.15, 0.2) is 18.2 Å². The molecule has 1 aromatic rings. The number of piperidine rings is 1. The predicted octanol–water partition coefficient (Wildman–Crippen LogP) is 1.86. The van der Waals surface area contributed by atoms with Gasteiger partial charge in [0, 0.05) is 6.04 Å². The van der Waals surface area contributed by atoms with E-state index in [0.717, 1.165) is 25.1 Å². The highest BCUT2D eigenvalue weighted by Crippen LogP contribution is 2.14.